The molecule has 88 valence electrons. The van der Waals surface area contributed by atoms with Crippen LogP contribution < -0.4 is 10.2 Å². The molecule has 0 radical (unpaired) electrons. The monoisotopic (exact) mass is 220 g/mol. The summed E-state index contributed by atoms with van der Waals surface area (Å²) in [7, 11) is 0. The Bertz CT molecular complexity index is 399. The first kappa shape index (κ1) is 11.1. The summed E-state index contributed by atoms with van der Waals surface area (Å²) in [5.41, 5.74) is 1.96. The highest BCUT2D eigenvalue weighted by Gasteiger charge is 2.35. The van der Waals surface area contributed by atoms with Crippen molar-refractivity contribution in [1.82, 2.24) is 0 Å². The van der Waals surface area contributed by atoms with E-state index in [4.69, 9.17) is 0 Å². The topological polar surface area (TPSA) is 35.5 Å². The summed E-state index contributed by atoms with van der Waals surface area (Å²) >= 11 is 0. The maximum atomic E-state index is 10.0. The van der Waals surface area contributed by atoms with Crippen LogP contribution >= 0.6 is 0 Å². The predicted octanol–water partition coefficient (Wildman–Crippen LogP) is 2.81. The molecule has 1 heterocycles. The van der Waals surface area contributed by atoms with Crippen LogP contribution in [0.2, 0.25) is 0 Å². The lowest BCUT2D eigenvalue weighted by molar-refractivity contribution is 0.418. The summed E-state index contributed by atoms with van der Waals surface area (Å²) in [5.74, 6) is 0.353. The van der Waals surface area contributed by atoms with E-state index in [9.17, 15) is 5.11 Å². The number of fused-ring (bicyclic) bond motifs is 1. The van der Waals surface area contributed by atoms with Crippen LogP contribution in [-0.4, -0.2) is 23.2 Å². The number of hydrogen-bond donors (Lipinski definition) is 2. The van der Waals surface area contributed by atoms with E-state index in [0.29, 0.717) is 11.8 Å². The molecular formula is C13H20N2O. The van der Waals surface area contributed by atoms with E-state index >= 15 is 0 Å². The second-order valence-electron chi connectivity index (χ2n) is 5.30. The van der Waals surface area contributed by atoms with E-state index in [1.807, 2.05) is 12.1 Å². The van der Waals surface area contributed by atoms with Gasteiger partial charge in [0, 0.05) is 12.6 Å². The third-order valence-corrected chi connectivity index (χ3v) is 3.14. The Morgan fingerprint density at radius 2 is 2.06 bits per heavy atom. The summed E-state index contributed by atoms with van der Waals surface area (Å²) in [6.07, 6.45) is 0. The summed E-state index contributed by atoms with van der Waals surface area (Å²) in [6.45, 7) is 9.58. The van der Waals surface area contributed by atoms with Gasteiger partial charge in [-0.25, -0.2) is 0 Å². The lowest BCUT2D eigenvalue weighted by Gasteiger charge is -2.48. The summed E-state index contributed by atoms with van der Waals surface area (Å²) < 4.78 is 0. The van der Waals surface area contributed by atoms with Gasteiger partial charge >= 0.3 is 0 Å². The standard InChI is InChI=1S/C13H20N2O/c1-9(2)15-12-10(6-5-7-11(12)16)14-8-13(15,3)4/h5-7,9,14,16H,8H2,1-4H3. The Morgan fingerprint density at radius 3 is 2.69 bits per heavy atom. The zero-order valence-corrected chi connectivity index (χ0v) is 10.4. The third kappa shape index (κ3) is 1.60. The number of rotatable bonds is 1. The van der Waals surface area contributed by atoms with Crippen LogP contribution in [0, 0.1) is 0 Å². The number of nitrogens with zero attached hydrogens (tertiary/aromatic N) is 1. The molecule has 16 heavy (non-hydrogen) atoms. The van der Waals surface area contributed by atoms with Gasteiger partial charge in [-0.3, -0.25) is 0 Å². The first-order chi connectivity index (χ1) is 7.43. The molecule has 1 aromatic rings. The van der Waals surface area contributed by atoms with E-state index in [1.165, 1.54) is 0 Å². The highest BCUT2D eigenvalue weighted by Crippen LogP contribution is 2.43. The van der Waals surface area contributed by atoms with Crippen molar-refractivity contribution in [2.24, 2.45) is 0 Å². The molecule has 0 aliphatic carbocycles. The van der Waals surface area contributed by atoms with E-state index in [0.717, 1.165) is 17.9 Å². The van der Waals surface area contributed by atoms with Gasteiger partial charge in [-0.1, -0.05) is 6.07 Å². The van der Waals surface area contributed by atoms with Gasteiger partial charge in [0.15, 0.2) is 0 Å². The van der Waals surface area contributed by atoms with Gasteiger partial charge in [-0.05, 0) is 39.8 Å². The van der Waals surface area contributed by atoms with Crippen molar-refractivity contribution in [2.75, 3.05) is 16.8 Å². The van der Waals surface area contributed by atoms with Crippen LogP contribution in [0.1, 0.15) is 27.7 Å². The fourth-order valence-electron chi connectivity index (χ4n) is 2.58. The van der Waals surface area contributed by atoms with Gasteiger partial charge in [-0.15, -0.1) is 0 Å². The number of phenolic OH excluding ortho intramolecular Hbond substituents is 1. The summed E-state index contributed by atoms with van der Waals surface area (Å²) in [4.78, 5) is 2.29. The van der Waals surface area contributed by atoms with Gasteiger partial charge in [0.05, 0.1) is 11.2 Å². The molecule has 3 nitrogen and oxygen atoms in total. The van der Waals surface area contributed by atoms with Crippen molar-refractivity contribution in [1.29, 1.82) is 0 Å². The number of anilines is 2. The molecule has 1 aromatic carbocycles. The first-order valence-corrected chi connectivity index (χ1v) is 5.78. The fraction of sp³-hybridized carbons (Fsp3) is 0.538. The smallest absolute Gasteiger partial charge is 0.141 e. The average Bonchev–Trinajstić information content (AvgIpc) is 2.17. The number of benzene rings is 1. The summed E-state index contributed by atoms with van der Waals surface area (Å²) in [6, 6.07) is 6.00. The van der Waals surface area contributed by atoms with Crippen molar-refractivity contribution in [2.45, 2.75) is 39.3 Å². The quantitative estimate of drug-likeness (QED) is 0.764. The highest BCUT2D eigenvalue weighted by atomic mass is 16.3. The Kier molecular flexibility index (Phi) is 2.49. The van der Waals surface area contributed by atoms with Gasteiger partial charge in [0.1, 0.15) is 11.4 Å². The Morgan fingerprint density at radius 1 is 1.38 bits per heavy atom. The zero-order chi connectivity index (χ0) is 11.9. The average molecular weight is 220 g/mol. The number of nitrogens with one attached hydrogen (secondary N) is 1. The normalized spacial score (nSPS) is 18.2. The lowest BCUT2D eigenvalue weighted by Crippen LogP contribution is -2.55. The molecule has 0 amide bonds. The SMILES string of the molecule is CC(C)N1c2c(O)cccc2NCC1(C)C. The van der Waals surface area contributed by atoms with Crippen molar-refractivity contribution >= 4 is 11.4 Å². The maximum Gasteiger partial charge on any atom is 0.141 e. The minimum atomic E-state index is 0.0139. The molecule has 2 N–H and O–H groups in total. The van der Waals surface area contributed by atoms with Gasteiger partial charge < -0.3 is 15.3 Å². The van der Waals surface area contributed by atoms with Crippen molar-refractivity contribution in [3.05, 3.63) is 18.2 Å². The molecule has 3 heteroatoms. The van der Waals surface area contributed by atoms with E-state index in [2.05, 4.69) is 37.9 Å². The molecule has 0 unspecified atom stereocenters. The van der Waals surface area contributed by atoms with Crippen LogP contribution in [-0.2, 0) is 0 Å². The van der Waals surface area contributed by atoms with Gasteiger partial charge in [0.25, 0.3) is 0 Å². The van der Waals surface area contributed by atoms with Crippen LogP contribution in [0.4, 0.5) is 11.4 Å². The van der Waals surface area contributed by atoms with E-state index in [1.54, 1.807) is 6.07 Å². The van der Waals surface area contributed by atoms with Crippen LogP contribution in [0.15, 0.2) is 18.2 Å². The van der Waals surface area contributed by atoms with Gasteiger partial charge in [-0.2, -0.15) is 0 Å². The van der Waals surface area contributed by atoms with Gasteiger partial charge in [0.2, 0.25) is 0 Å². The number of hydrogen-bond acceptors (Lipinski definition) is 3. The van der Waals surface area contributed by atoms with Crippen LogP contribution in [0.3, 0.4) is 0 Å². The van der Waals surface area contributed by atoms with E-state index < -0.39 is 0 Å². The number of para-hydroxylation sites is 1. The molecular weight excluding hydrogens is 200 g/mol. The summed E-state index contributed by atoms with van der Waals surface area (Å²) in [5, 5.41) is 13.4. The largest absolute Gasteiger partial charge is 0.506 e. The van der Waals surface area contributed by atoms with Crippen molar-refractivity contribution in [3.8, 4) is 5.75 Å². The Hall–Kier alpha value is -1.38. The molecule has 0 atom stereocenters. The molecule has 2 rings (SSSR count). The molecule has 0 spiro atoms. The Balaban J connectivity index is 2.57. The fourth-order valence-corrected chi connectivity index (χ4v) is 2.58. The second kappa shape index (κ2) is 3.58. The molecule has 0 saturated carbocycles. The molecule has 1 aliphatic heterocycles. The third-order valence-electron chi connectivity index (χ3n) is 3.14. The molecule has 0 saturated heterocycles. The number of phenols is 1. The minimum absolute atomic E-state index is 0.0139. The molecule has 0 aromatic heterocycles. The minimum Gasteiger partial charge on any atom is -0.506 e. The molecule has 0 bridgehead atoms. The first-order valence-electron chi connectivity index (χ1n) is 5.78. The van der Waals surface area contributed by atoms with Crippen molar-refractivity contribution in [3.63, 3.8) is 0 Å². The molecule has 0 fully saturated rings. The lowest BCUT2D eigenvalue weighted by atomic mass is 9.95. The zero-order valence-electron chi connectivity index (χ0n) is 10.4. The maximum absolute atomic E-state index is 10.0. The molecule has 1 aliphatic rings. The van der Waals surface area contributed by atoms with Crippen LogP contribution in [0.5, 0.6) is 5.75 Å². The van der Waals surface area contributed by atoms with Crippen LogP contribution in [0.25, 0.3) is 0 Å². The highest BCUT2D eigenvalue weighted by molar-refractivity contribution is 5.79. The number of aromatic hydroxyl groups is 1. The van der Waals surface area contributed by atoms with Crippen molar-refractivity contribution < 1.29 is 5.11 Å². The predicted molar refractivity (Wildman–Crippen MR) is 68.3 cm³/mol. The second-order valence-corrected chi connectivity index (χ2v) is 5.30. The Labute approximate surface area is 97.1 Å². The van der Waals surface area contributed by atoms with E-state index in [-0.39, 0.29) is 5.54 Å².